The molecular formula is C15H13ClO. The third kappa shape index (κ3) is 4.25. The number of halogens is 1. The zero-order valence-corrected chi connectivity index (χ0v) is 10.2. The van der Waals surface area contributed by atoms with Crippen molar-refractivity contribution in [3.63, 3.8) is 0 Å². The van der Waals surface area contributed by atoms with Crippen LogP contribution < -0.4 is 0 Å². The molecule has 0 radical (unpaired) electrons. The second-order valence-electron chi connectivity index (χ2n) is 3.31. The Morgan fingerprint density at radius 3 is 2.35 bits per heavy atom. The van der Waals surface area contributed by atoms with Gasteiger partial charge in [-0.25, -0.2) is 0 Å². The number of allylic oxidation sites excluding steroid dienone is 5. The van der Waals surface area contributed by atoms with Gasteiger partial charge in [-0.1, -0.05) is 61.2 Å². The molecule has 1 rings (SSSR count). The van der Waals surface area contributed by atoms with Crippen LogP contribution in [-0.2, 0) is 4.79 Å². The van der Waals surface area contributed by atoms with Gasteiger partial charge in [-0.3, -0.25) is 4.79 Å². The number of benzene rings is 1. The highest BCUT2D eigenvalue weighted by atomic mass is 35.5. The van der Waals surface area contributed by atoms with E-state index >= 15 is 0 Å². The zero-order valence-electron chi connectivity index (χ0n) is 9.40. The fourth-order valence-electron chi connectivity index (χ4n) is 1.22. The average molecular weight is 245 g/mol. The van der Waals surface area contributed by atoms with Gasteiger partial charge in [0.1, 0.15) is 0 Å². The fourth-order valence-corrected chi connectivity index (χ4v) is 1.35. The second kappa shape index (κ2) is 6.66. The van der Waals surface area contributed by atoms with Crippen LogP contribution in [-0.4, -0.2) is 5.78 Å². The van der Waals surface area contributed by atoms with Gasteiger partial charge in [-0.2, -0.15) is 0 Å². The summed E-state index contributed by atoms with van der Waals surface area (Å²) in [4.78, 5) is 11.7. The molecule has 0 saturated heterocycles. The lowest BCUT2D eigenvalue weighted by molar-refractivity contribution is -0.111. The maximum atomic E-state index is 11.7. The van der Waals surface area contributed by atoms with Crippen LogP contribution in [0.5, 0.6) is 0 Å². The van der Waals surface area contributed by atoms with Crippen LogP contribution >= 0.6 is 11.6 Å². The average Bonchev–Trinajstić information content (AvgIpc) is 2.35. The highest BCUT2D eigenvalue weighted by Crippen LogP contribution is 2.11. The summed E-state index contributed by atoms with van der Waals surface area (Å²) in [6.45, 7) is 7.12. The lowest BCUT2D eigenvalue weighted by Crippen LogP contribution is -1.94. The molecule has 0 saturated carbocycles. The molecule has 1 aromatic carbocycles. The molecule has 2 heteroatoms. The summed E-state index contributed by atoms with van der Waals surface area (Å²) in [6.07, 6.45) is 7.93. The van der Waals surface area contributed by atoms with Gasteiger partial charge in [0, 0.05) is 10.6 Å². The largest absolute Gasteiger partial charge is 0.289 e. The molecule has 0 heterocycles. The topological polar surface area (TPSA) is 17.1 Å². The lowest BCUT2D eigenvalue weighted by atomic mass is 10.1. The molecule has 0 fully saturated rings. The first-order valence-corrected chi connectivity index (χ1v) is 5.48. The molecule has 0 aromatic heterocycles. The van der Waals surface area contributed by atoms with E-state index in [0.29, 0.717) is 10.6 Å². The van der Waals surface area contributed by atoms with Gasteiger partial charge in [0.25, 0.3) is 0 Å². The molecule has 0 aliphatic heterocycles. The monoisotopic (exact) mass is 244 g/mol. The molecule has 0 bridgehead atoms. The minimum Gasteiger partial charge on any atom is -0.289 e. The highest BCUT2D eigenvalue weighted by molar-refractivity contribution is 6.30. The van der Waals surface area contributed by atoms with Crippen molar-refractivity contribution in [1.29, 1.82) is 0 Å². The van der Waals surface area contributed by atoms with Crippen molar-refractivity contribution >= 4 is 23.5 Å². The summed E-state index contributed by atoms with van der Waals surface area (Å²) >= 11 is 5.76. The van der Waals surface area contributed by atoms with Crippen molar-refractivity contribution in [2.75, 3.05) is 0 Å². The first-order valence-electron chi connectivity index (χ1n) is 5.10. The number of hydrogen-bond acceptors (Lipinski definition) is 1. The molecule has 0 aliphatic rings. The summed E-state index contributed by atoms with van der Waals surface area (Å²) in [7, 11) is 0. The van der Waals surface area contributed by atoms with Crippen molar-refractivity contribution in [2.45, 2.75) is 0 Å². The molecule has 17 heavy (non-hydrogen) atoms. The van der Waals surface area contributed by atoms with Crippen molar-refractivity contribution in [3.8, 4) is 0 Å². The van der Waals surface area contributed by atoms with Crippen molar-refractivity contribution in [1.82, 2.24) is 0 Å². The van der Waals surface area contributed by atoms with Crippen LogP contribution in [0.3, 0.4) is 0 Å². The molecule has 0 aliphatic carbocycles. The minimum atomic E-state index is -0.102. The van der Waals surface area contributed by atoms with Gasteiger partial charge in [-0.15, -0.1) is 0 Å². The number of ketones is 1. The maximum absolute atomic E-state index is 11.7. The van der Waals surface area contributed by atoms with Crippen LogP contribution in [0.1, 0.15) is 5.56 Å². The fraction of sp³-hybridized carbons (Fsp3) is 0. The molecular weight excluding hydrogens is 232 g/mol. The van der Waals surface area contributed by atoms with E-state index in [1.165, 1.54) is 12.2 Å². The molecule has 1 aromatic rings. The highest BCUT2D eigenvalue weighted by Gasteiger charge is 1.99. The Kier molecular flexibility index (Phi) is 5.18. The van der Waals surface area contributed by atoms with Gasteiger partial charge in [0.2, 0.25) is 0 Å². The van der Waals surface area contributed by atoms with E-state index in [0.717, 1.165) is 5.56 Å². The number of carbonyl (C=O) groups excluding carboxylic acids is 1. The summed E-state index contributed by atoms with van der Waals surface area (Å²) in [6, 6.07) is 7.24. The summed E-state index contributed by atoms with van der Waals surface area (Å²) in [5.41, 5.74) is 1.44. The lowest BCUT2D eigenvalue weighted by Gasteiger charge is -1.95. The predicted octanol–water partition coefficient (Wildman–Crippen LogP) is 4.22. The number of carbonyl (C=O) groups is 1. The second-order valence-corrected chi connectivity index (χ2v) is 3.75. The van der Waals surface area contributed by atoms with Crippen LogP contribution in [0, 0.1) is 0 Å². The quantitative estimate of drug-likeness (QED) is 0.560. The van der Waals surface area contributed by atoms with Gasteiger partial charge in [0.05, 0.1) is 0 Å². The van der Waals surface area contributed by atoms with E-state index in [9.17, 15) is 4.79 Å². The van der Waals surface area contributed by atoms with Crippen molar-refractivity contribution in [3.05, 3.63) is 77.9 Å². The first-order chi connectivity index (χ1) is 8.17. The Hall–Kier alpha value is -1.86. The predicted molar refractivity (Wildman–Crippen MR) is 74.0 cm³/mol. The van der Waals surface area contributed by atoms with E-state index in [2.05, 4.69) is 13.2 Å². The Morgan fingerprint density at radius 1 is 1.18 bits per heavy atom. The van der Waals surface area contributed by atoms with E-state index in [1.54, 1.807) is 30.4 Å². The van der Waals surface area contributed by atoms with Gasteiger partial charge >= 0.3 is 0 Å². The van der Waals surface area contributed by atoms with E-state index in [-0.39, 0.29) is 5.78 Å². The van der Waals surface area contributed by atoms with Crippen LogP contribution in [0.2, 0.25) is 5.02 Å². The Balaban J connectivity index is 2.80. The molecule has 0 N–H and O–H groups in total. The molecule has 0 unspecified atom stereocenters. The number of hydrogen-bond donors (Lipinski definition) is 0. The molecule has 86 valence electrons. The maximum Gasteiger partial charge on any atom is 0.185 e. The zero-order chi connectivity index (χ0) is 12.7. The Bertz CT molecular complexity index is 478. The van der Waals surface area contributed by atoms with Gasteiger partial charge in [0.15, 0.2) is 5.78 Å². The van der Waals surface area contributed by atoms with Crippen molar-refractivity contribution in [2.24, 2.45) is 0 Å². The normalized spacial score (nSPS) is 11.5. The summed E-state index contributed by atoms with van der Waals surface area (Å²) in [5.74, 6) is -0.102. The van der Waals surface area contributed by atoms with E-state index < -0.39 is 0 Å². The van der Waals surface area contributed by atoms with E-state index in [1.807, 2.05) is 12.1 Å². The minimum absolute atomic E-state index is 0.102. The third-order valence-electron chi connectivity index (χ3n) is 2.10. The molecule has 0 spiro atoms. The molecule has 1 nitrogen and oxygen atoms in total. The van der Waals surface area contributed by atoms with Gasteiger partial charge < -0.3 is 0 Å². The van der Waals surface area contributed by atoms with Crippen LogP contribution in [0.4, 0.5) is 0 Å². The van der Waals surface area contributed by atoms with Crippen LogP contribution in [0.15, 0.2) is 67.3 Å². The standard InChI is InChI=1S/C15H13ClO/c1-3-5-13(4-2)15(17)11-8-12-6-9-14(16)10-7-12/h3-11H,1-2H2. The third-order valence-corrected chi connectivity index (χ3v) is 2.35. The Labute approximate surface area is 106 Å². The molecule has 0 amide bonds. The van der Waals surface area contributed by atoms with E-state index in [4.69, 9.17) is 11.6 Å². The van der Waals surface area contributed by atoms with Gasteiger partial charge in [-0.05, 0) is 23.8 Å². The SMILES string of the molecule is C=CC=C(C=C)C(=O)C=Cc1ccc(Cl)cc1. The van der Waals surface area contributed by atoms with Crippen LogP contribution in [0.25, 0.3) is 6.08 Å². The smallest absolute Gasteiger partial charge is 0.185 e. The summed E-state index contributed by atoms with van der Waals surface area (Å²) in [5, 5.41) is 0.673. The first kappa shape index (κ1) is 13.2. The summed E-state index contributed by atoms with van der Waals surface area (Å²) < 4.78 is 0. The number of rotatable bonds is 5. The Morgan fingerprint density at radius 2 is 1.82 bits per heavy atom. The van der Waals surface area contributed by atoms with Crippen molar-refractivity contribution < 1.29 is 4.79 Å². The molecule has 0 atom stereocenters.